The molecule has 0 bridgehead atoms. The third-order valence-electron chi connectivity index (χ3n) is 5.27. The largest absolute Gasteiger partial charge is 0.493 e. The zero-order valence-corrected chi connectivity index (χ0v) is 19.4. The van der Waals surface area contributed by atoms with E-state index in [0.29, 0.717) is 33.9 Å². The first kappa shape index (κ1) is 23.8. The topological polar surface area (TPSA) is 89.4 Å². The maximum absolute atomic E-state index is 13.3. The van der Waals surface area contributed by atoms with Crippen LogP contribution in [0.1, 0.15) is 27.8 Å². The molecule has 172 valence electrons. The van der Waals surface area contributed by atoms with Gasteiger partial charge in [0.05, 0.1) is 27.5 Å². The molecule has 3 aromatic rings. The molecule has 0 atom stereocenters. The van der Waals surface area contributed by atoms with E-state index in [1.165, 1.54) is 27.5 Å². The van der Waals surface area contributed by atoms with Crippen LogP contribution in [-0.4, -0.2) is 38.6 Å². The Balaban J connectivity index is 1.95. The molecule has 0 unspecified atom stereocenters. The van der Waals surface area contributed by atoms with Crippen LogP contribution in [0.2, 0.25) is 0 Å². The van der Waals surface area contributed by atoms with Gasteiger partial charge in [-0.15, -0.1) is 0 Å². The number of hydrogen-bond acceptors (Lipinski definition) is 6. The molecule has 1 amide bonds. The van der Waals surface area contributed by atoms with E-state index in [1.54, 1.807) is 48.5 Å². The maximum atomic E-state index is 13.3. The molecule has 0 radical (unpaired) electrons. The van der Waals surface area contributed by atoms with Gasteiger partial charge in [-0.05, 0) is 37.1 Å². The molecule has 7 nitrogen and oxygen atoms in total. The Kier molecular flexibility index (Phi) is 7.35. The van der Waals surface area contributed by atoms with Gasteiger partial charge in [0.2, 0.25) is 5.75 Å². The van der Waals surface area contributed by atoms with Crippen LogP contribution in [0.4, 0.5) is 0 Å². The molecule has 0 aromatic heterocycles. The lowest BCUT2D eigenvalue weighted by molar-refractivity contribution is -0.136. The summed E-state index contributed by atoms with van der Waals surface area (Å²) in [5.74, 6) is 0.693. The van der Waals surface area contributed by atoms with Crippen molar-refractivity contribution < 1.29 is 24.1 Å². The number of rotatable bonds is 8. The third kappa shape index (κ3) is 4.99. The normalized spacial score (nSPS) is 11.3. The Morgan fingerprint density at radius 3 is 1.82 bits per heavy atom. The van der Waals surface area contributed by atoms with Crippen molar-refractivity contribution in [3.8, 4) is 17.2 Å². The van der Waals surface area contributed by atoms with E-state index in [0.717, 1.165) is 11.1 Å². The molecule has 0 aliphatic heterocycles. The number of hydrogen-bond donors (Lipinski definition) is 2. The molecule has 7 heteroatoms. The monoisotopic (exact) mass is 448 g/mol. The molecule has 2 N–H and O–H groups in total. The van der Waals surface area contributed by atoms with E-state index in [4.69, 9.17) is 14.2 Å². The van der Waals surface area contributed by atoms with Gasteiger partial charge in [-0.3, -0.25) is 4.79 Å². The van der Waals surface area contributed by atoms with E-state index in [1.807, 2.05) is 26.0 Å². The van der Waals surface area contributed by atoms with Crippen LogP contribution in [0.5, 0.6) is 17.2 Å². The zero-order valence-electron chi connectivity index (χ0n) is 19.4. The second kappa shape index (κ2) is 10.2. The van der Waals surface area contributed by atoms with Crippen LogP contribution in [0.3, 0.4) is 0 Å². The highest BCUT2D eigenvalue weighted by molar-refractivity contribution is 5.91. The van der Waals surface area contributed by atoms with Gasteiger partial charge < -0.3 is 19.3 Å². The van der Waals surface area contributed by atoms with Crippen molar-refractivity contribution in [2.45, 2.75) is 19.4 Å². The van der Waals surface area contributed by atoms with E-state index >= 15 is 0 Å². The van der Waals surface area contributed by atoms with Gasteiger partial charge in [0.1, 0.15) is 0 Å². The number of benzene rings is 3. The molecule has 0 saturated heterocycles. The average molecular weight is 449 g/mol. The van der Waals surface area contributed by atoms with Gasteiger partial charge >= 0.3 is 0 Å². The molecule has 0 spiro atoms. The molecular weight excluding hydrogens is 420 g/mol. The molecule has 0 aliphatic rings. The summed E-state index contributed by atoms with van der Waals surface area (Å²) in [5.41, 5.74) is 3.92. The number of ether oxygens (including phenoxy) is 3. The average Bonchev–Trinajstić information content (AvgIpc) is 2.82. The quantitative estimate of drug-likeness (QED) is 0.405. The Hall–Kier alpha value is -3.84. The first-order chi connectivity index (χ1) is 15.8. The highest BCUT2D eigenvalue weighted by Crippen LogP contribution is 2.37. The highest BCUT2D eigenvalue weighted by atomic mass is 16.5. The fraction of sp³-hybridized carbons (Fsp3) is 0.231. The van der Waals surface area contributed by atoms with E-state index in [-0.39, 0.29) is 0 Å². The number of nitrogens with one attached hydrogen (secondary N) is 1. The Bertz CT molecular complexity index is 1100. The molecule has 0 fully saturated rings. The number of nitrogens with zero attached hydrogens (tertiary/aromatic N) is 1. The van der Waals surface area contributed by atoms with Crippen LogP contribution < -0.4 is 19.6 Å². The standard InChI is InChI=1S/C26H28N2O5/c1-17-8-6-10-20(12-17)26(30,21-11-7-9-18(2)13-21)25(29)28-27-16-19-14-22(31-3)24(33-5)23(15-19)32-4/h6-16,30H,1-5H3,(H,28,29). The van der Waals surface area contributed by atoms with Gasteiger partial charge in [-0.25, -0.2) is 5.43 Å². The predicted molar refractivity (Wildman–Crippen MR) is 127 cm³/mol. The van der Waals surface area contributed by atoms with Gasteiger partial charge in [0.15, 0.2) is 17.1 Å². The van der Waals surface area contributed by atoms with Gasteiger partial charge in [0, 0.05) is 5.56 Å². The van der Waals surface area contributed by atoms with Crippen LogP contribution >= 0.6 is 0 Å². The first-order valence-electron chi connectivity index (χ1n) is 10.3. The van der Waals surface area contributed by atoms with Crippen LogP contribution in [0.15, 0.2) is 65.8 Å². The van der Waals surface area contributed by atoms with E-state index in [9.17, 15) is 9.90 Å². The minimum atomic E-state index is -1.93. The third-order valence-corrected chi connectivity index (χ3v) is 5.27. The highest BCUT2D eigenvalue weighted by Gasteiger charge is 2.40. The minimum Gasteiger partial charge on any atom is -0.493 e. The van der Waals surface area contributed by atoms with Crippen molar-refractivity contribution in [1.82, 2.24) is 5.43 Å². The van der Waals surface area contributed by atoms with Gasteiger partial charge in [0.25, 0.3) is 5.91 Å². The first-order valence-corrected chi connectivity index (χ1v) is 10.3. The number of aliphatic hydroxyl groups is 1. The summed E-state index contributed by atoms with van der Waals surface area (Å²) in [4.78, 5) is 13.3. The molecule has 0 heterocycles. The number of carbonyl (C=O) groups excluding carboxylic acids is 1. The van der Waals surface area contributed by atoms with E-state index < -0.39 is 11.5 Å². The molecule has 0 saturated carbocycles. The summed E-state index contributed by atoms with van der Waals surface area (Å²) >= 11 is 0. The van der Waals surface area contributed by atoms with Crippen molar-refractivity contribution >= 4 is 12.1 Å². The fourth-order valence-corrected chi connectivity index (χ4v) is 3.59. The lowest BCUT2D eigenvalue weighted by Gasteiger charge is -2.27. The lowest BCUT2D eigenvalue weighted by Crippen LogP contribution is -2.43. The van der Waals surface area contributed by atoms with Crippen molar-refractivity contribution in [2.75, 3.05) is 21.3 Å². The van der Waals surface area contributed by atoms with Crippen molar-refractivity contribution in [3.05, 3.63) is 88.5 Å². The Morgan fingerprint density at radius 2 is 1.39 bits per heavy atom. The minimum absolute atomic E-state index is 0.452. The predicted octanol–water partition coefficient (Wildman–Crippen LogP) is 3.72. The van der Waals surface area contributed by atoms with Crippen LogP contribution in [0, 0.1) is 13.8 Å². The Labute approximate surface area is 193 Å². The van der Waals surface area contributed by atoms with Crippen LogP contribution in [-0.2, 0) is 10.4 Å². The van der Waals surface area contributed by atoms with Crippen molar-refractivity contribution in [2.24, 2.45) is 5.10 Å². The summed E-state index contributed by atoms with van der Waals surface area (Å²) < 4.78 is 16.0. The smallest absolute Gasteiger partial charge is 0.281 e. The molecule has 3 rings (SSSR count). The maximum Gasteiger partial charge on any atom is 0.281 e. The summed E-state index contributed by atoms with van der Waals surface area (Å²) in [7, 11) is 4.55. The number of hydrazone groups is 1. The number of carbonyl (C=O) groups is 1. The van der Waals surface area contributed by atoms with Crippen LogP contribution in [0.25, 0.3) is 0 Å². The van der Waals surface area contributed by atoms with E-state index in [2.05, 4.69) is 10.5 Å². The van der Waals surface area contributed by atoms with Crippen molar-refractivity contribution in [3.63, 3.8) is 0 Å². The van der Waals surface area contributed by atoms with Gasteiger partial charge in [-0.1, -0.05) is 59.7 Å². The number of methoxy groups -OCH3 is 3. The fourth-order valence-electron chi connectivity index (χ4n) is 3.59. The lowest BCUT2D eigenvalue weighted by atomic mass is 9.84. The summed E-state index contributed by atoms with van der Waals surface area (Å²) in [5, 5.41) is 15.7. The number of amides is 1. The summed E-state index contributed by atoms with van der Waals surface area (Å²) in [6.45, 7) is 3.81. The molecule has 3 aromatic carbocycles. The molecular formula is C26H28N2O5. The second-order valence-corrected chi connectivity index (χ2v) is 7.61. The zero-order chi connectivity index (χ0) is 24.0. The SMILES string of the molecule is COc1cc(C=NNC(=O)C(O)(c2cccc(C)c2)c2cccc(C)c2)cc(OC)c1OC. The summed E-state index contributed by atoms with van der Waals surface area (Å²) in [6, 6.07) is 17.8. The summed E-state index contributed by atoms with van der Waals surface area (Å²) in [6.07, 6.45) is 1.44. The second-order valence-electron chi connectivity index (χ2n) is 7.61. The Morgan fingerprint density at radius 1 is 0.879 bits per heavy atom. The number of aryl methyl sites for hydroxylation is 2. The molecule has 33 heavy (non-hydrogen) atoms. The van der Waals surface area contributed by atoms with Gasteiger partial charge in [-0.2, -0.15) is 5.10 Å². The van der Waals surface area contributed by atoms with Crippen molar-refractivity contribution in [1.29, 1.82) is 0 Å². The molecule has 0 aliphatic carbocycles.